The van der Waals surface area contributed by atoms with Crippen LogP contribution in [0.2, 0.25) is 0 Å². The Morgan fingerprint density at radius 2 is 0.886 bits per heavy atom. The van der Waals surface area contributed by atoms with Crippen molar-refractivity contribution in [3.05, 3.63) is 158 Å². The van der Waals surface area contributed by atoms with Gasteiger partial charge in [-0.25, -0.2) is 0 Å². The standard InChI is InChI=1S/C43H29N/c1-44-40-20-9-8-13-33(40)38-18-10-19-39(43(38)44)42-36-16-6-4-14-34(36)41(35-15-5-7-17-37(35)42)30-24-21-29(22-25-30)32-26-23-28-11-2-3-12-31(28)27-32/h2-27H,1H3. The third-order valence-electron chi connectivity index (χ3n) is 9.38. The van der Waals surface area contributed by atoms with Crippen LogP contribution in [0.5, 0.6) is 0 Å². The lowest BCUT2D eigenvalue weighted by atomic mass is 9.85. The lowest BCUT2D eigenvalue weighted by Gasteiger charge is -2.19. The summed E-state index contributed by atoms with van der Waals surface area (Å²) >= 11 is 0. The summed E-state index contributed by atoms with van der Waals surface area (Å²) in [4.78, 5) is 0. The Morgan fingerprint density at radius 3 is 1.59 bits per heavy atom. The zero-order valence-electron chi connectivity index (χ0n) is 24.5. The molecule has 0 aliphatic rings. The molecule has 9 aromatic rings. The molecule has 0 unspecified atom stereocenters. The van der Waals surface area contributed by atoms with Gasteiger partial charge in [-0.05, 0) is 72.3 Å². The van der Waals surface area contributed by atoms with Crippen molar-refractivity contribution < 1.29 is 0 Å². The van der Waals surface area contributed by atoms with Crippen LogP contribution in [0, 0.1) is 0 Å². The second-order valence-corrected chi connectivity index (χ2v) is 11.8. The summed E-state index contributed by atoms with van der Waals surface area (Å²) in [6, 6.07) is 57.8. The fourth-order valence-electron chi connectivity index (χ4n) is 7.37. The van der Waals surface area contributed by atoms with Crippen LogP contribution in [0.25, 0.3) is 87.5 Å². The quantitative estimate of drug-likeness (QED) is 0.190. The van der Waals surface area contributed by atoms with Crippen molar-refractivity contribution in [2.24, 2.45) is 7.05 Å². The monoisotopic (exact) mass is 559 g/mol. The number of para-hydroxylation sites is 2. The molecule has 0 fully saturated rings. The number of aryl methyl sites for hydroxylation is 1. The summed E-state index contributed by atoms with van der Waals surface area (Å²) in [7, 11) is 2.20. The molecular weight excluding hydrogens is 530 g/mol. The van der Waals surface area contributed by atoms with Crippen LogP contribution in [0.1, 0.15) is 0 Å². The minimum atomic E-state index is 1.23. The normalized spacial score (nSPS) is 11.8. The van der Waals surface area contributed by atoms with Gasteiger partial charge in [-0.3, -0.25) is 0 Å². The van der Waals surface area contributed by atoms with Crippen molar-refractivity contribution >= 4 is 54.1 Å². The van der Waals surface area contributed by atoms with Crippen molar-refractivity contribution in [1.82, 2.24) is 4.57 Å². The largest absolute Gasteiger partial charge is 0.343 e. The number of rotatable bonds is 3. The van der Waals surface area contributed by atoms with Crippen LogP contribution < -0.4 is 0 Å². The van der Waals surface area contributed by atoms with Gasteiger partial charge in [-0.1, -0.05) is 146 Å². The van der Waals surface area contributed by atoms with Gasteiger partial charge in [-0.15, -0.1) is 0 Å². The molecule has 0 saturated heterocycles. The summed E-state index contributed by atoms with van der Waals surface area (Å²) in [5.41, 5.74) is 10.1. The van der Waals surface area contributed by atoms with E-state index in [2.05, 4.69) is 169 Å². The SMILES string of the molecule is Cn1c2ccccc2c2cccc(-c3c4ccccc4c(-c4ccc(-c5ccc6ccccc6c5)cc4)c4ccccc34)c21. The third-order valence-corrected chi connectivity index (χ3v) is 9.38. The number of nitrogens with zero attached hydrogens (tertiary/aromatic N) is 1. The van der Waals surface area contributed by atoms with E-state index >= 15 is 0 Å². The Kier molecular flexibility index (Phi) is 5.48. The van der Waals surface area contributed by atoms with Gasteiger partial charge in [-0.2, -0.15) is 0 Å². The van der Waals surface area contributed by atoms with E-state index in [1.165, 1.54) is 87.5 Å². The maximum atomic E-state index is 2.36. The first-order valence-electron chi connectivity index (χ1n) is 15.3. The Morgan fingerprint density at radius 1 is 0.364 bits per heavy atom. The molecule has 44 heavy (non-hydrogen) atoms. The molecule has 206 valence electrons. The van der Waals surface area contributed by atoms with E-state index in [1.807, 2.05) is 0 Å². The van der Waals surface area contributed by atoms with Gasteiger partial charge in [0.05, 0.1) is 5.52 Å². The second kappa shape index (κ2) is 9.69. The van der Waals surface area contributed by atoms with E-state index in [0.717, 1.165) is 0 Å². The third kappa shape index (κ3) is 3.66. The molecule has 0 saturated carbocycles. The number of benzene rings is 8. The van der Waals surface area contributed by atoms with E-state index in [1.54, 1.807) is 0 Å². The van der Waals surface area contributed by atoms with Crippen molar-refractivity contribution in [1.29, 1.82) is 0 Å². The number of hydrogen-bond donors (Lipinski definition) is 0. The number of hydrogen-bond acceptors (Lipinski definition) is 0. The van der Waals surface area contributed by atoms with Gasteiger partial charge in [0.2, 0.25) is 0 Å². The molecule has 9 rings (SSSR count). The molecule has 8 aromatic carbocycles. The second-order valence-electron chi connectivity index (χ2n) is 11.8. The average Bonchev–Trinajstić information content (AvgIpc) is 3.39. The highest BCUT2D eigenvalue weighted by molar-refractivity contribution is 6.24. The Labute approximate surface area is 256 Å². The summed E-state index contributed by atoms with van der Waals surface area (Å²) in [5.74, 6) is 0. The maximum absolute atomic E-state index is 2.36. The minimum absolute atomic E-state index is 1.23. The molecule has 1 nitrogen and oxygen atoms in total. The van der Waals surface area contributed by atoms with E-state index in [4.69, 9.17) is 0 Å². The Hall–Kier alpha value is -5.66. The van der Waals surface area contributed by atoms with Crippen LogP contribution in [0.4, 0.5) is 0 Å². The molecule has 0 aliphatic carbocycles. The van der Waals surface area contributed by atoms with Gasteiger partial charge in [0.15, 0.2) is 0 Å². The Balaban J connectivity index is 1.29. The topological polar surface area (TPSA) is 4.93 Å². The number of aromatic nitrogens is 1. The van der Waals surface area contributed by atoms with Crippen molar-refractivity contribution in [3.63, 3.8) is 0 Å². The zero-order chi connectivity index (χ0) is 29.2. The first-order chi connectivity index (χ1) is 21.8. The van der Waals surface area contributed by atoms with E-state index in [0.29, 0.717) is 0 Å². The highest BCUT2D eigenvalue weighted by Crippen LogP contribution is 2.46. The van der Waals surface area contributed by atoms with Gasteiger partial charge in [0, 0.05) is 28.9 Å². The number of fused-ring (bicyclic) bond motifs is 6. The van der Waals surface area contributed by atoms with Crippen molar-refractivity contribution in [3.8, 4) is 33.4 Å². The lowest BCUT2D eigenvalue weighted by Crippen LogP contribution is -1.94. The van der Waals surface area contributed by atoms with Crippen LogP contribution in [0.15, 0.2) is 158 Å². The van der Waals surface area contributed by atoms with Gasteiger partial charge < -0.3 is 4.57 Å². The smallest absolute Gasteiger partial charge is 0.0568 e. The van der Waals surface area contributed by atoms with Crippen LogP contribution in [0.3, 0.4) is 0 Å². The molecule has 1 heteroatoms. The molecule has 0 radical (unpaired) electrons. The average molecular weight is 560 g/mol. The van der Waals surface area contributed by atoms with Crippen molar-refractivity contribution in [2.45, 2.75) is 0 Å². The highest BCUT2D eigenvalue weighted by atomic mass is 14.9. The first kappa shape index (κ1) is 24.9. The Bertz CT molecular complexity index is 2490. The van der Waals surface area contributed by atoms with E-state index in [9.17, 15) is 0 Å². The fourth-order valence-corrected chi connectivity index (χ4v) is 7.37. The first-order valence-corrected chi connectivity index (χ1v) is 15.3. The zero-order valence-corrected chi connectivity index (χ0v) is 24.5. The summed E-state index contributed by atoms with van der Waals surface area (Å²) in [5, 5.41) is 10.2. The van der Waals surface area contributed by atoms with Crippen LogP contribution in [-0.4, -0.2) is 4.57 Å². The minimum Gasteiger partial charge on any atom is -0.343 e. The molecular formula is C43H29N. The van der Waals surface area contributed by atoms with E-state index < -0.39 is 0 Å². The predicted octanol–water partition coefficient (Wildman–Crippen LogP) is 11.8. The fraction of sp³-hybridized carbons (Fsp3) is 0.0233. The van der Waals surface area contributed by atoms with Crippen LogP contribution in [-0.2, 0) is 7.05 Å². The lowest BCUT2D eigenvalue weighted by molar-refractivity contribution is 1.02. The molecule has 0 bridgehead atoms. The maximum Gasteiger partial charge on any atom is 0.0568 e. The molecule has 0 aliphatic heterocycles. The van der Waals surface area contributed by atoms with Crippen molar-refractivity contribution in [2.75, 3.05) is 0 Å². The molecule has 1 aromatic heterocycles. The summed E-state index contributed by atoms with van der Waals surface area (Å²) < 4.78 is 2.36. The van der Waals surface area contributed by atoms with E-state index in [-0.39, 0.29) is 0 Å². The predicted molar refractivity (Wildman–Crippen MR) is 189 cm³/mol. The molecule has 0 amide bonds. The highest BCUT2D eigenvalue weighted by Gasteiger charge is 2.20. The van der Waals surface area contributed by atoms with Gasteiger partial charge in [0.1, 0.15) is 0 Å². The van der Waals surface area contributed by atoms with Gasteiger partial charge in [0.25, 0.3) is 0 Å². The summed E-state index contributed by atoms with van der Waals surface area (Å²) in [6.07, 6.45) is 0. The van der Waals surface area contributed by atoms with Crippen LogP contribution >= 0.6 is 0 Å². The summed E-state index contributed by atoms with van der Waals surface area (Å²) in [6.45, 7) is 0. The molecule has 1 heterocycles. The molecule has 0 N–H and O–H groups in total. The molecule has 0 atom stereocenters. The van der Waals surface area contributed by atoms with Gasteiger partial charge >= 0.3 is 0 Å². The molecule has 0 spiro atoms.